The Labute approximate surface area is 69.2 Å². The van der Waals surface area contributed by atoms with Gasteiger partial charge in [-0.25, -0.2) is 0 Å². The van der Waals surface area contributed by atoms with Crippen molar-refractivity contribution in [2.45, 2.75) is 33.6 Å². The van der Waals surface area contributed by atoms with Crippen molar-refractivity contribution in [1.82, 2.24) is 0 Å². The second kappa shape index (κ2) is 3.21. The normalized spacial score (nSPS) is 18.3. The summed E-state index contributed by atoms with van der Waals surface area (Å²) < 4.78 is 0. The van der Waals surface area contributed by atoms with Gasteiger partial charge >= 0.3 is 0 Å². The van der Waals surface area contributed by atoms with Gasteiger partial charge in [-0.05, 0) is 11.8 Å². The Morgan fingerprint density at radius 3 is 2.64 bits per heavy atom. The first-order valence-electron chi connectivity index (χ1n) is 4.24. The number of dihydropyridines is 1. The molecule has 0 aliphatic carbocycles. The SMILES string of the molecule is CC(C)(C)CC1=CCN=CC1. The van der Waals surface area contributed by atoms with Crippen LogP contribution in [0.1, 0.15) is 33.6 Å². The lowest BCUT2D eigenvalue weighted by molar-refractivity contribution is 0.407. The van der Waals surface area contributed by atoms with Gasteiger partial charge in [0.25, 0.3) is 0 Å². The first-order chi connectivity index (χ1) is 5.08. The van der Waals surface area contributed by atoms with E-state index in [0.29, 0.717) is 5.41 Å². The van der Waals surface area contributed by atoms with Crippen molar-refractivity contribution in [3.63, 3.8) is 0 Å². The molecule has 0 aromatic heterocycles. The fraction of sp³-hybridized carbons (Fsp3) is 0.700. The van der Waals surface area contributed by atoms with Crippen LogP contribution in [0.3, 0.4) is 0 Å². The van der Waals surface area contributed by atoms with Gasteiger partial charge in [-0.15, -0.1) is 0 Å². The molecule has 11 heavy (non-hydrogen) atoms. The van der Waals surface area contributed by atoms with Crippen LogP contribution in [0, 0.1) is 5.41 Å². The van der Waals surface area contributed by atoms with Gasteiger partial charge < -0.3 is 0 Å². The molecule has 0 saturated carbocycles. The Bertz CT molecular complexity index is 182. The van der Waals surface area contributed by atoms with Gasteiger partial charge in [0, 0.05) is 12.6 Å². The molecule has 0 atom stereocenters. The van der Waals surface area contributed by atoms with Gasteiger partial charge in [-0.1, -0.05) is 32.4 Å². The summed E-state index contributed by atoms with van der Waals surface area (Å²) >= 11 is 0. The first kappa shape index (κ1) is 8.51. The molecule has 1 aliphatic heterocycles. The topological polar surface area (TPSA) is 12.4 Å². The largest absolute Gasteiger partial charge is 0.293 e. The van der Waals surface area contributed by atoms with E-state index in [1.165, 1.54) is 6.42 Å². The molecule has 0 saturated heterocycles. The maximum atomic E-state index is 4.16. The molecule has 0 N–H and O–H groups in total. The molecule has 0 aromatic carbocycles. The summed E-state index contributed by atoms with van der Waals surface area (Å²) in [5.41, 5.74) is 1.98. The van der Waals surface area contributed by atoms with Crippen molar-refractivity contribution >= 4 is 6.21 Å². The number of hydrogen-bond donors (Lipinski definition) is 0. The van der Waals surface area contributed by atoms with E-state index >= 15 is 0 Å². The maximum Gasteiger partial charge on any atom is 0.0569 e. The summed E-state index contributed by atoms with van der Waals surface area (Å²) in [5.74, 6) is 0. The van der Waals surface area contributed by atoms with Crippen molar-refractivity contribution in [1.29, 1.82) is 0 Å². The second-order valence-corrected chi connectivity index (χ2v) is 4.35. The number of allylic oxidation sites excluding steroid dienone is 1. The standard InChI is InChI=1S/C10H17N/c1-10(2,3)8-9-4-6-11-7-5-9/h4,7H,5-6,8H2,1-3H3. The fourth-order valence-electron chi connectivity index (χ4n) is 1.35. The first-order valence-corrected chi connectivity index (χ1v) is 4.24. The zero-order chi connectivity index (χ0) is 8.32. The maximum absolute atomic E-state index is 4.16. The van der Waals surface area contributed by atoms with Crippen LogP contribution in [0.2, 0.25) is 0 Å². The van der Waals surface area contributed by atoms with Crippen LogP contribution in [0.4, 0.5) is 0 Å². The molecule has 1 aliphatic rings. The lowest BCUT2D eigenvalue weighted by atomic mass is 9.86. The Morgan fingerprint density at radius 2 is 2.18 bits per heavy atom. The van der Waals surface area contributed by atoms with Crippen molar-refractivity contribution in [3.8, 4) is 0 Å². The zero-order valence-electron chi connectivity index (χ0n) is 7.72. The van der Waals surface area contributed by atoms with Crippen LogP contribution < -0.4 is 0 Å². The highest BCUT2D eigenvalue weighted by Gasteiger charge is 2.12. The average Bonchev–Trinajstić information content (AvgIpc) is 1.85. The highest BCUT2D eigenvalue weighted by atomic mass is 14.7. The highest BCUT2D eigenvalue weighted by Crippen LogP contribution is 2.25. The van der Waals surface area contributed by atoms with Crippen LogP contribution in [0.25, 0.3) is 0 Å². The molecular formula is C10H17N. The van der Waals surface area contributed by atoms with Crippen molar-refractivity contribution in [2.24, 2.45) is 10.4 Å². The number of hydrogen-bond acceptors (Lipinski definition) is 1. The molecular weight excluding hydrogens is 134 g/mol. The summed E-state index contributed by atoms with van der Waals surface area (Å²) in [6, 6.07) is 0. The van der Waals surface area contributed by atoms with Crippen LogP contribution >= 0.6 is 0 Å². The van der Waals surface area contributed by atoms with E-state index in [2.05, 4.69) is 31.8 Å². The van der Waals surface area contributed by atoms with E-state index in [4.69, 9.17) is 0 Å². The van der Waals surface area contributed by atoms with Gasteiger partial charge in [0.2, 0.25) is 0 Å². The summed E-state index contributed by atoms with van der Waals surface area (Å²) in [6.07, 6.45) is 6.56. The van der Waals surface area contributed by atoms with Gasteiger partial charge in [-0.2, -0.15) is 0 Å². The minimum Gasteiger partial charge on any atom is -0.293 e. The molecule has 1 heteroatoms. The summed E-state index contributed by atoms with van der Waals surface area (Å²) in [7, 11) is 0. The van der Waals surface area contributed by atoms with E-state index in [-0.39, 0.29) is 0 Å². The molecule has 0 fully saturated rings. The zero-order valence-corrected chi connectivity index (χ0v) is 7.72. The van der Waals surface area contributed by atoms with Gasteiger partial charge in [0.05, 0.1) is 6.54 Å². The molecule has 1 rings (SSSR count). The number of aliphatic imine (C=N–C) groups is 1. The predicted octanol–water partition coefficient (Wildman–Crippen LogP) is 2.82. The third-order valence-corrected chi connectivity index (χ3v) is 1.73. The summed E-state index contributed by atoms with van der Waals surface area (Å²) in [5, 5.41) is 0. The van der Waals surface area contributed by atoms with E-state index < -0.39 is 0 Å². The lowest BCUT2D eigenvalue weighted by Crippen LogP contribution is -2.08. The van der Waals surface area contributed by atoms with Crippen molar-refractivity contribution in [2.75, 3.05) is 6.54 Å². The average molecular weight is 151 g/mol. The van der Waals surface area contributed by atoms with Crippen LogP contribution in [-0.2, 0) is 0 Å². The molecule has 0 radical (unpaired) electrons. The smallest absolute Gasteiger partial charge is 0.0569 e. The van der Waals surface area contributed by atoms with Crippen molar-refractivity contribution < 1.29 is 0 Å². The molecule has 0 unspecified atom stereocenters. The van der Waals surface area contributed by atoms with E-state index in [1.54, 1.807) is 5.57 Å². The quantitative estimate of drug-likeness (QED) is 0.511. The molecule has 1 heterocycles. The second-order valence-electron chi connectivity index (χ2n) is 4.35. The van der Waals surface area contributed by atoms with E-state index in [0.717, 1.165) is 13.0 Å². The summed E-state index contributed by atoms with van der Waals surface area (Å²) in [4.78, 5) is 4.16. The molecule has 0 aromatic rings. The highest BCUT2D eigenvalue weighted by molar-refractivity contribution is 5.62. The van der Waals surface area contributed by atoms with E-state index in [9.17, 15) is 0 Å². The van der Waals surface area contributed by atoms with Crippen LogP contribution in [0.5, 0.6) is 0 Å². The third kappa shape index (κ3) is 3.35. The van der Waals surface area contributed by atoms with E-state index in [1.807, 2.05) is 6.21 Å². The molecule has 62 valence electrons. The molecule has 0 amide bonds. The Kier molecular flexibility index (Phi) is 2.48. The van der Waals surface area contributed by atoms with Crippen LogP contribution in [-0.4, -0.2) is 12.8 Å². The fourth-order valence-corrected chi connectivity index (χ4v) is 1.35. The minimum absolute atomic E-state index is 0.428. The monoisotopic (exact) mass is 151 g/mol. The van der Waals surface area contributed by atoms with Gasteiger partial charge in [-0.3, -0.25) is 4.99 Å². The van der Waals surface area contributed by atoms with Crippen molar-refractivity contribution in [3.05, 3.63) is 11.6 Å². The lowest BCUT2D eigenvalue weighted by Gasteiger charge is -2.20. The van der Waals surface area contributed by atoms with Gasteiger partial charge in [0.15, 0.2) is 0 Å². The minimum atomic E-state index is 0.428. The molecule has 0 spiro atoms. The number of nitrogens with zero attached hydrogens (tertiary/aromatic N) is 1. The molecule has 0 bridgehead atoms. The molecule has 1 nitrogen and oxygen atoms in total. The Morgan fingerprint density at radius 1 is 1.45 bits per heavy atom. The number of rotatable bonds is 1. The third-order valence-electron chi connectivity index (χ3n) is 1.73. The Balaban J connectivity index is 2.44. The predicted molar refractivity (Wildman–Crippen MR) is 50.1 cm³/mol. The van der Waals surface area contributed by atoms with Crippen LogP contribution in [0.15, 0.2) is 16.6 Å². The summed E-state index contributed by atoms with van der Waals surface area (Å²) in [6.45, 7) is 7.73. The van der Waals surface area contributed by atoms with Gasteiger partial charge in [0.1, 0.15) is 0 Å². The Hall–Kier alpha value is -0.590.